The van der Waals surface area contributed by atoms with Gasteiger partial charge in [-0.1, -0.05) is 19.8 Å². The van der Waals surface area contributed by atoms with Gasteiger partial charge in [-0.05, 0) is 51.5 Å². The van der Waals surface area contributed by atoms with Crippen LogP contribution in [-0.4, -0.2) is 53.5 Å². The average molecular weight is 419 g/mol. The van der Waals surface area contributed by atoms with Crippen molar-refractivity contribution in [3.63, 3.8) is 0 Å². The van der Waals surface area contributed by atoms with E-state index < -0.39 is 42.0 Å². The summed E-state index contributed by atoms with van der Waals surface area (Å²) < 4.78 is 10.4. The van der Waals surface area contributed by atoms with Crippen LogP contribution in [0.4, 0.5) is 10.5 Å². The Hall–Kier alpha value is -3.10. The molecule has 0 unspecified atom stereocenters. The number of amides is 4. The lowest BCUT2D eigenvalue weighted by Crippen LogP contribution is -2.44. The van der Waals surface area contributed by atoms with Crippen LogP contribution in [0.3, 0.4) is 0 Å². The normalized spacial score (nSPS) is 19.3. The second-order valence-electron chi connectivity index (χ2n) is 7.34. The van der Waals surface area contributed by atoms with E-state index >= 15 is 0 Å². The predicted molar refractivity (Wildman–Crippen MR) is 110 cm³/mol. The zero-order chi connectivity index (χ0) is 22.3. The smallest absolute Gasteiger partial charge is 0.327 e. The summed E-state index contributed by atoms with van der Waals surface area (Å²) in [7, 11) is 0. The number of hydrogen-bond acceptors (Lipinski definition) is 6. The van der Waals surface area contributed by atoms with Gasteiger partial charge in [-0.25, -0.2) is 4.79 Å². The van der Waals surface area contributed by atoms with Gasteiger partial charge in [0.15, 0.2) is 6.10 Å². The molecule has 0 bridgehead atoms. The summed E-state index contributed by atoms with van der Waals surface area (Å²) in [5.41, 5.74) is -0.503. The summed E-state index contributed by atoms with van der Waals surface area (Å²) >= 11 is 0. The molecule has 0 saturated carbocycles. The highest BCUT2D eigenvalue weighted by Gasteiger charge is 2.48. The maximum atomic E-state index is 12.6. The van der Waals surface area contributed by atoms with Crippen molar-refractivity contribution in [1.29, 1.82) is 0 Å². The number of ether oxygens (including phenoxy) is 2. The molecule has 2 atom stereocenters. The van der Waals surface area contributed by atoms with E-state index in [1.807, 2.05) is 13.8 Å². The van der Waals surface area contributed by atoms with E-state index in [2.05, 4.69) is 10.6 Å². The van der Waals surface area contributed by atoms with Crippen LogP contribution in [-0.2, 0) is 19.1 Å². The molecule has 0 spiro atoms. The van der Waals surface area contributed by atoms with Gasteiger partial charge in [-0.2, -0.15) is 0 Å². The van der Waals surface area contributed by atoms with E-state index in [-0.39, 0.29) is 0 Å². The molecule has 0 aromatic heterocycles. The zero-order valence-corrected chi connectivity index (χ0v) is 17.8. The number of rotatable bonds is 10. The van der Waals surface area contributed by atoms with Crippen LogP contribution < -0.4 is 15.4 Å². The molecule has 2 N–H and O–H groups in total. The number of esters is 1. The molecular weight excluding hydrogens is 390 g/mol. The highest BCUT2D eigenvalue weighted by atomic mass is 16.5. The molecular formula is C21H29N3O6. The molecule has 0 aliphatic carbocycles. The van der Waals surface area contributed by atoms with E-state index in [1.165, 1.54) is 6.92 Å². The predicted octanol–water partition coefficient (Wildman–Crippen LogP) is 2.46. The fraction of sp³-hybridized carbons (Fsp3) is 0.524. The highest BCUT2D eigenvalue weighted by molar-refractivity contribution is 6.08. The van der Waals surface area contributed by atoms with Gasteiger partial charge < -0.3 is 20.1 Å². The Labute approximate surface area is 176 Å². The molecule has 2 rings (SSSR count). The Morgan fingerprint density at radius 3 is 2.47 bits per heavy atom. The van der Waals surface area contributed by atoms with Crippen molar-refractivity contribution in [1.82, 2.24) is 10.2 Å². The third-order valence-electron chi connectivity index (χ3n) is 4.77. The lowest BCUT2D eigenvalue weighted by atomic mass is 9.95. The molecule has 1 saturated heterocycles. The van der Waals surface area contributed by atoms with Gasteiger partial charge in [0.05, 0.1) is 6.61 Å². The molecule has 9 heteroatoms. The highest BCUT2D eigenvalue weighted by Crippen LogP contribution is 2.23. The first-order chi connectivity index (χ1) is 14.2. The summed E-state index contributed by atoms with van der Waals surface area (Å²) in [5, 5.41) is 5.26. The third-order valence-corrected chi connectivity index (χ3v) is 4.77. The summed E-state index contributed by atoms with van der Waals surface area (Å²) in [6, 6.07) is 6.12. The third kappa shape index (κ3) is 5.71. The second kappa shape index (κ2) is 10.1. The van der Waals surface area contributed by atoms with Crippen molar-refractivity contribution < 1.29 is 28.7 Å². The van der Waals surface area contributed by atoms with E-state index in [9.17, 15) is 19.2 Å². The molecule has 1 aliphatic heterocycles. The summed E-state index contributed by atoms with van der Waals surface area (Å²) in [6.07, 6.45) is 1.03. The SMILES string of the molecule is CCCC[C@]1(C)NC(=O)N(CC(=O)O[C@@H](C)C(=O)Nc2ccc(OCC)cc2)C1=O. The number of imide groups is 1. The van der Waals surface area contributed by atoms with Gasteiger partial charge in [0.1, 0.15) is 17.8 Å². The van der Waals surface area contributed by atoms with Gasteiger partial charge in [0.2, 0.25) is 0 Å². The number of unbranched alkanes of at least 4 members (excludes halogenated alkanes) is 1. The summed E-state index contributed by atoms with van der Waals surface area (Å²) in [4.78, 5) is 50.0. The molecule has 1 heterocycles. The van der Waals surface area contributed by atoms with Crippen LogP contribution in [0, 0.1) is 0 Å². The van der Waals surface area contributed by atoms with Crippen LogP contribution in [0.5, 0.6) is 5.75 Å². The Bertz CT molecular complexity index is 794. The maximum Gasteiger partial charge on any atom is 0.327 e. The molecule has 9 nitrogen and oxygen atoms in total. The summed E-state index contributed by atoms with van der Waals surface area (Å²) in [6.45, 7) is 6.90. The number of urea groups is 1. The van der Waals surface area contributed by atoms with Gasteiger partial charge in [0.25, 0.3) is 11.8 Å². The van der Waals surface area contributed by atoms with Crippen molar-refractivity contribution in [3.05, 3.63) is 24.3 Å². The minimum atomic E-state index is -1.10. The first-order valence-corrected chi connectivity index (χ1v) is 10.1. The molecule has 1 aromatic carbocycles. The fourth-order valence-corrected chi connectivity index (χ4v) is 3.05. The number of hydrogen-bond donors (Lipinski definition) is 2. The standard InChI is InChI=1S/C21H29N3O6/c1-5-7-12-21(4)19(27)24(20(28)23-21)13-17(25)30-14(3)18(26)22-15-8-10-16(11-9-15)29-6-2/h8-11,14H,5-7,12-13H2,1-4H3,(H,22,26)(H,23,28)/t14-,21-/m0/s1. The number of nitrogens with one attached hydrogen (secondary N) is 2. The molecule has 1 aliphatic rings. The van der Waals surface area contributed by atoms with Crippen molar-refractivity contribution >= 4 is 29.5 Å². The minimum absolute atomic E-state index is 0.468. The largest absolute Gasteiger partial charge is 0.494 e. The Morgan fingerprint density at radius 2 is 1.87 bits per heavy atom. The lowest BCUT2D eigenvalue weighted by molar-refractivity contribution is -0.155. The van der Waals surface area contributed by atoms with Crippen LogP contribution in [0.15, 0.2) is 24.3 Å². The lowest BCUT2D eigenvalue weighted by Gasteiger charge is -2.21. The first kappa shape index (κ1) is 23.2. The number of carbonyl (C=O) groups is 4. The average Bonchev–Trinajstić information content (AvgIpc) is 2.91. The monoisotopic (exact) mass is 419 g/mol. The quantitative estimate of drug-likeness (QED) is 0.445. The van der Waals surface area contributed by atoms with Crippen molar-refractivity contribution in [2.75, 3.05) is 18.5 Å². The minimum Gasteiger partial charge on any atom is -0.494 e. The van der Waals surface area contributed by atoms with Crippen LogP contribution in [0.25, 0.3) is 0 Å². The Morgan fingerprint density at radius 1 is 1.20 bits per heavy atom. The molecule has 1 aromatic rings. The van der Waals surface area contributed by atoms with E-state index in [4.69, 9.17) is 9.47 Å². The van der Waals surface area contributed by atoms with E-state index in [0.717, 1.165) is 17.7 Å². The number of carbonyl (C=O) groups excluding carboxylic acids is 4. The van der Waals surface area contributed by atoms with Crippen LogP contribution >= 0.6 is 0 Å². The summed E-state index contributed by atoms with van der Waals surface area (Å²) in [5.74, 6) is -1.16. The Balaban J connectivity index is 1.88. The van der Waals surface area contributed by atoms with Crippen molar-refractivity contribution in [3.8, 4) is 5.75 Å². The van der Waals surface area contributed by atoms with E-state index in [0.29, 0.717) is 24.5 Å². The van der Waals surface area contributed by atoms with Gasteiger partial charge in [-0.15, -0.1) is 0 Å². The van der Waals surface area contributed by atoms with Gasteiger partial charge >= 0.3 is 12.0 Å². The number of nitrogens with zero attached hydrogens (tertiary/aromatic N) is 1. The first-order valence-electron chi connectivity index (χ1n) is 10.1. The number of anilines is 1. The fourth-order valence-electron chi connectivity index (χ4n) is 3.05. The molecule has 0 radical (unpaired) electrons. The van der Waals surface area contributed by atoms with Crippen molar-refractivity contribution in [2.45, 2.75) is 58.6 Å². The van der Waals surface area contributed by atoms with Crippen LogP contribution in [0.1, 0.15) is 47.0 Å². The van der Waals surface area contributed by atoms with Crippen molar-refractivity contribution in [2.24, 2.45) is 0 Å². The molecule has 4 amide bonds. The molecule has 1 fully saturated rings. The van der Waals surface area contributed by atoms with Crippen LogP contribution in [0.2, 0.25) is 0 Å². The maximum absolute atomic E-state index is 12.6. The number of benzene rings is 1. The van der Waals surface area contributed by atoms with Gasteiger partial charge in [0, 0.05) is 5.69 Å². The zero-order valence-electron chi connectivity index (χ0n) is 17.8. The molecule has 30 heavy (non-hydrogen) atoms. The Kier molecular flexibility index (Phi) is 7.79. The van der Waals surface area contributed by atoms with E-state index in [1.54, 1.807) is 31.2 Å². The topological polar surface area (TPSA) is 114 Å². The molecule has 164 valence electrons. The van der Waals surface area contributed by atoms with Gasteiger partial charge in [-0.3, -0.25) is 19.3 Å². The second-order valence-corrected chi connectivity index (χ2v) is 7.34.